The average Bonchev–Trinajstić information content (AvgIpc) is 2.67. The lowest BCUT2D eigenvalue weighted by atomic mass is 10.3. The molecular weight excluding hydrogens is 196 g/mol. The van der Waals surface area contributed by atoms with E-state index in [4.69, 9.17) is 14.0 Å². The van der Waals surface area contributed by atoms with Gasteiger partial charge in [-0.05, 0) is 20.3 Å². The molecule has 5 heteroatoms. The molecule has 0 saturated heterocycles. The highest BCUT2D eigenvalue weighted by Gasteiger charge is 2.18. The third-order valence-electron chi connectivity index (χ3n) is 1.80. The molecule has 0 aliphatic rings. The SMILES string of the molecule is CCCc1noc(C(OCC)OCC)n1. The molecule has 0 aliphatic carbocycles. The Labute approximate surface area is 89.8 Å². The Kier molecular flexibility index (Phi) is 5.28. The summed E-state index contributed by atoms with van der Waals surface area (Å²) >= 11 is 0. The van der Waals surface area contributed by atoms with Crippen LogP contribution in [0, 0.1) is 0 Å². The van der Waals surface area contributed by atoms with Crippen LogP contribution in [0.25, 0.3) is 0 Å². The molecule has 0 atom stereocenters. The lowest BCUT2D eigenvalue weighted by Crippen LogP contribution is -2.09. The van der Waals surface area contributed by atoms with Crippen molar-refractivity contribution in [2.75, 3.05) is 13.2 Å². The first-order valence-corrected chi connectivity index (χ1v) is 5.37. The minimum absolute atomic E-state index is 0.405. The average molecular weight is 214 g/mol. The normalized spacial score (nSPS) is 11.2. The summed E-state index contributed by atoms with van der Waals surface area (Å²) in [5.41, 5.74) is 0. The second-order valence-corrected chi connectivity index (χ2v) is 3.04. The van der Waals surface area contributed by atoms with Crippen molar-refractivity contribution in [3.63, 3.8) is 0 Å². The maximum Gasteiger partial charge on any atom is 0.283 e. The maximum atomic E-state index is 5.34. The van der Waals surface area contributed by atoms with Crippen LogP contribution in [0.3, 0.4) is 0 Å². The van der Waals surface area contributed by atoms with Gasteiger partial charge < -0.3 is 14.0 Å². The molecule has 0 radical (unpaired) electrons. The van der Waals surface area contributed by atoms with Crippen LogP contribution in [0.15, 0.2) is 4.52 Å². The highest BCUT2D eigenvalue weighted by Crippen LogP contribution is 2.16. The molecule has 1 rings (SSSR count). The van der Waals surface area contributed by atoms with Crippen LogP contribution >= 0.6 is 0 Å². The van der Waals surface area contributed by atoms with E-state index in [1.165, 1.54) is 0 Å². The summed E-state index contributed by atoms with van der Waals surface area (Å²) < 4.78 is 15.8. The van der Waals surface area contributed by atoms with Crippen LogP contribution in [0.2, 0.25) is 0 Å². The minimum atomic E-state index is -0.530. The van der Waals surface area contributed by atoms with Crippen molar-refractivity contribution in [1.82, 2.24) is 10.1 Å². The van der Waals surface area contributed by atoms with Crippen LogP contribution in [0.5, 0.6) is 0 Å². The van der Waals surface area contributed by atoms with Gasteiger partial charge in [0, 0.05) is 19.6 Å². The van der Waals surface area contributed by atoms with Gasteiger partial charge in [0.2, 0.25) is 6.29 Å². The van der Waals surface area contributed by atoms with Crippen molar-refractivity contribution in [1.29, 1.82) is 0 Å². The lowest BCUT2D eigenvalue weighted by molar-refractivity contribution is -0.155. The van der Waals surface area contributed by atoms with Gasteiger partial charge in [-0.25, -0.2) is 0 Å². The number of rotatable bonds is 7. The summed E-state index contributed by atoms with van der Waals surface area (Å²) in [5.74, 6) is 1.11. The third-order valence-corrected chi connectivity index (χ3v) is 1.80. The van der Waals surface area contributed by atoms with E-state index in [-0.39, 0.29) is 0 Å². The molecular formula is C10H18N2O3. The van der Waals surface area contributed by atoms with Crippen LogP contribution in [0.1, 0.15) is 45.2 Å². The molecule has 0 N–H and O–H groups in total. The van der Waals surface area contributed by atoms with E-state index < -0.39 is 6.29 Å². The first kappa shape index (κ1) is 12.1. The maximum absolute atomic E-state index is 5.34. The molecule has 1 aromatic rings. The topological polar surface area (TPSA) is 57.4 Å². The molecule has 0 aliphatic heterocycles. The molecule has 0 aromatic carbocycles. The van der Waals surface area contributed by atoms with E-state index in [1.54, 1.807) is 0 Å². The number of aromatic nitrogens is 2. The molecule has 0 saturated carbocycles. The Balaban J connectivity index is 2.63. The van der Waals surface area contributed by atoms with Crippen molar-refractivity contribution in [3.05, 3.63) is 11.7 Å². The third kappa shape index (κ3) is 3.60. The predicted molar refractivity (Wildman–Crippen MR) is 54.3 cm³/mol. The fourth-order valence-electron chi connectivity index (χ4n) is 1.18. The first-order chi connectivity index (χ1) is 7.31. The molecule has 0 spiro atoms. The van der Waals surface area contributed by atoms with E-state index in [1.807, 2.05) is 13.8 Å². The van der Waals surface area contributed by atoms with Gasteiger partial charge in [-0.1, -0.05) is 12.1 Å². The monoisotopic (exact) mass is 214 g/mol. The standard InChI is InChI=1S/C10H18N2O3/c1-4-7-8-11-9(15-12-8)10(13-5-2)14-6-3/h10H,4-7H2,1-3H3. The Morgan fingerprint density at radius 2 is 1.87 bits per heavy atom. The second kappa shape index (κ2) is 6.53. The number of hydrogen-bond donors (Lipinski definition) is 0. The smallest absolute Gasteiger partial charge is 0.283 e. The largest absolute Gasteiger partial charge is 0.345 e. The highest BCUT2D eigenvalue weighted by atomic mass is 16.7. The van der Waals surface area contributed by atoms with Crippen molar-refractivity contribution in [2.45, 2.75) is 39.9 Å². The minimum Gasteiger partial charge on any atom is -0.345 e. The molecule has 86 valence electrons. The summed E-state index contributed by atoms with van der Waals surface area (Å²) in [7, 11) is 0. The molecule has 1 heterocycles. The van der Waals surface area contributed by atoms with Crippen LogP contribution in [-0.2, 0) is 15.9 Å². The Morgan fingerprint density at radius 1 is 1.20 bits per heavy atom. The van der Waals surface area contributed by atoms with Gasteiger partial charge >= 0.3 is 0 Å². The molecule has 0 bridgehead atoms. The number of ether oxygens (including phenoxy) is 2. The molecule has 0 amide bonds. The molecule has 5 nitrogen and oxygen atoms in total. The van der Waals surface area contributed by atoms with Crippen LogP contribution in [-0.4, -0.2) is 23.4 Å². The fraction of sp³-hybridized carbons (Fsp3) is 0.800. The van der Waals surface area contributed by atoms with E-state index in [0.717, 1.165) is 12.8 Å². The summed E-state index contributed by atoms with van der Waals surface area (Å²) in [6.45, 7) is 6.97. The van der Waals surface area contributed by atoms with Crippen molar-refractivity contribution < 1.29 is 14.0 Å². The fourth-order valence-corrected chi connectivity index (χ4v) is 1.18. The van der Waals surface area contributed by atoms with Crippen LogP contribution < -0.4 is 0 Å². The molecule has 0 fully saturated rings. The summed E-state index contributed by atoms with van der Waals surface area (Å²) in [4.78, 5) is 4.21. The quantitative estimate of drug-likeness (QED) is 0.650. The zero-order valence-corrected chi connectivity index (χ0v) is 9.52. The number of aryl methyl sites for hydroxylation is 1. The molecule has 1 aromatic heterocycles. The second-order valence-electron chi connectivity index (χ2n) is 3.04. The summed E-state index contributed by atoms with van der Waals surface area (Å²) in [6.07, 6.45) is 1.28. The van der Waals surface area contributed by atoms with Gasteiger partial charge in [-0.2, -0.15) is 4.98 Å². The first-order valence-electron chi connectivity index (χ1n) is 5.37. The van der Waals surface area contributed by atoms with E-state index in [0.29, 0.717) is 24.9 Å². The van der Waals surface area contributed by atoms with Crippen molar-refractivity contribution in [3.8, 4) is 0 Å². The van der Waals surface area contributed by atoms with Crippen molar-refractivity contribution >= 4 is 0 Å². The predicted octanol–water partition coefficient (Wildman–Crippen LogP) is 2.09. The van der Waals surface area contributed by atoms with E-state index in [2.05, 4.69) is 17.1 Å². The highest BCUT2D eigenvalue weighted by molar-refractivity contribution is 4.87. The van der Waals surface area contributed by atoms with Gasteiger partial charge in [-0.15, -0.1) is 0 Å². The summed E-state index contributed by atoms with van der Waals surface area (Å²) in [6, 6.07) is 0. The van der Waals surface area contributed by atoms with E-state index >= 15 is 0 Å². The van der Waals surface area contributed by atoms with Crippen LogP contribution in [0.4, 0.5) is 0 Å². The zero-order chi connectivity index (χ0) is 11.1. The molecule has 15 heavy (non-hydrogen) atoms. The van der Waals surface area contributed by atoms with Gasteiger partial charge in [-0.3, -0.25) is 0 Å². The Morgan fingerprint density at radius 3 is 2.40 bits per heavy atom. The van der Waals surface area contributed by atoms with Gasteiger partial charge in [0.1, 0.15) is 0 Å². The lowest BCUT2D eigenvalue weighted by Gasteiger charge is -2.11. The number of nitrogens with zero attached hydrogens (tertiary/aromatic N) is 2. The van der Waals surface area contributed by atoms with Gasteiger partial charge in [0.15, 0.2) is 5.82 Å². The molecule has 0 unspecified atom stereocenters. The zero-order valence-electron chi connectivity index (χ0n) is 9.52. The van der Waals surface area contributed by atoms with Gasteiger partial charge in [0.25, 0.3) is 5.89 Å². The van der Waals surface area contributed by atoms with Crippen molar-refractivity contribution in [2.24, 2.45) is 0 Å². The summed E-state index contributed by atoms with van der Waals surface area (Å²) in [5, 5.41) is 3.85. The Bertz CT molecular complexity index is 269. The van der Waals surface area contributed by atoms with Gasteiger partial charge in [0.05, 0.1) is 0 Å². The number of hydrogen-bond acceptors (Lipinski definition) is 5. The Hall–Kier alpha value is -0.940. The van der Waals surface area contributed by atoms with E-state index in [9.17, 15) is 0 Å².